The van der Waals surface area contributed by atoms with Crippen LogP contribution < -0.4 is 29.6 Å². The Morgan fingerprint density at radius 3 is 1.71 bits per heavy atom. The summed E-state index contributed by atoms with van der Waals surface area (Å²) in [6.07, 6.45) is 2.17. The summed E-state index contributed by atoms with van der Waals surface area (Å²) in [5.74, 6) is 0. The monoisotopic (exact) mass is 264 g/mol. The molecule has 3 nitrogen and oxygen atoms in total. The van der Waals surface area contributed by atoms with Crippen LogP contribution in [0.1, 0.15) is 37.5 Å². The first-order valence-electron chi connectivity index (χ1n) is 5.54. The Kier molecular flexibility index (Phi) is 6.95. The predicted octanol–water partition coefficient (Wildman–Crippen LogP) is -0.718. The molecule has 1 rings (SSSR count). The van der Waals surface area contributed by atoms with Gasteiger partial charge in [-0.1, -0.05) is 26.8 Å². The summed E-state index contributed by atoms with van der Waals surface area (Å²) in [4.78, 5) is -0.0518. The van der Waals surface area contributed by atoms with Gasteiger partial charge in [-0.25, -0.2) is 8.42 Å². The van der Waals surface area contributed by atoms with E-state index >= 15 is 0 Å². The van der Waals surface area contributed by atoms with Gasteiger partial charge in [0.05, 0.1) is 4.90 Å². The summed E-state index contributed by atoms with van der Waals surface area (Å²) in [5, 5.41) is 0. The Bertz CT molecular complexity index is 481. The second kappa shape index (κ2) is 6.90. The maximum Gasteiger partial charge on any atom is 1.00 e. The standard InChI is InChI=1S/C12H18O3S.Na/c1-4-9-7-11(6-3)12(16(13,14)15)8-10(9)5-2;/h7-8H,4-6H2,1-3H3,(H,13,14,15);/q;+1/p-1. The molecule has 90 valence electrons. The van der Waals surface area contributed by atoms with Crippen molar-refractivity contribution >= 4 is 10.1 Å². The summed E-state index contributed by atoms with van der Waals surface area (Å²) in [7, 11) is -4.35. The number of benzene rings is 1. The molecule has 0 fully saturated rings. The quantitative estimate of drug-likeness (QED) is 0.533. The molecule has 0 amide bonds. The number of rotatable bonds is 4. The minimum Gasteiger partial charge on any atom is -0.744 e. The molecule has 0 atom stereocenters. The van der Waals surface area contributed by atoms with Gasteiger partial charge in [0.25, 0.3) is 0 Å². The maximum atomic E-state index is 11.1. The number of hydrogen-bond donors (Lipinski definition) is 0. The first-order chi connectivity index (χ1) is 7.43. The number of aryl methyl sites for hydroxylation is 3. The van der Waals surface area contributed by atoms with Crippen LogP contribution in [0, 0.1) is 0 Å². The Morgan fingerprint density at radius 2 is 1.35 bits per heavy atom. The first kappa shape index (κ1) is 17.1. The molecule has 0 aliphatic carbocycles. The fourth-order valence-electron chi connectivity index (χ4n) is 1.89. The van der Waals surface area contributed by atoms with Crippen molar-refractivity contribution < 1.29 is 42.5 Å². The molecule has 0 aromatic heterocycles. The maximum absolute atomic E-state index is 11.1. The van der Waals surface area contributed by atoms with Gasteiger partial charge in [-0.2, -0.15) is 0 Å². The molecule has 0 radical (unpaired) electrons. The van der Waals surface area contributed by atoms with Crippen molar-refractivity contribution in [2.75, 3.05) is 0 Å². The molecule has 0 N–H and O–H groups in total. The molecule has 0 saturated heterocycles. The van der Waals surface area contributed by atoms with Gasteiger partial charge in [-0.05, 0) is 42.0 Å². The minimum atomic E-state index is -4.35. The molecule has 1 aromatic rings. The Morgan fingerprint density at radius 1 is 0.941 bits per heavy atom. The van der Waals surface area contributed by atoms with E-state index in [1.165, 1.54) is 0 Å². The normalized spacial score (nSPS) is 11.1. The van der Waals surface area contributed by atoms with Gasteiger partial charge in [-0.3, -0.25) is 0 Å². The van der Waals surface area contributed by atoms with Crippen molar-refractivity contribution in [3.63, 3.8) is 0 Å². The van der Waals surface area contributed by atoms with Crippen molar-refractivity contribution in [3.05, 3.63) is 28.8 Å². The third-order valence-corrected chi connectivity index (χ3v) is 3.71. The molecular weight excluding hydrogens is 247 g/mol. The van der Waals surface area contributed by atoms with Gasteiger partial charge in [0, 0.05) is 0 Å². The van der Waals surface area contributed by atoms with Crippen LogP contribution in [-0.2, 0) is 29.4 Å². The van der Waals surface area contributed by atoms with Gasteiger partial charge in [-0.15, -0.1) is 0 Å². The smallest absolute Gasteiger partial charge is 0.744 e. The molecule has 0 aliphatic heterocycles. The molecule has 0 heterocycles. The minimum absolute atomic E-state index is 0. The van der Waals surface area contributed by atoms with Gasteiger partial charge < -0.3 is 4.55 Å². The van der Waals surface area contributed by atoms with Gasteiger partial charge in [0.1, 0.15) is 10.1 Å². The van der Waals surface area contributed by atoms with Gasteiger partial charge in [0.2, 0.25) is 0 Å². The van der Waals surface area contributed by atoms with Crippen molar-refractivity contribution in [3.8, 4) is 0 Å². The zero-order chi connectivity index (χ0) is 12.3. The van der Waals surface area contributed by atoms with Gasteiger partial charge in [0.15, 0.2) is 0 Å². The van der Waals surface area contributed by atoms with E-state index in [1.54, 1.807) is 6.07 Å². The Hall–Kier alpha value is 0.130. The fraction of sp³-hybridized carbons (Fsp3) is 0.500. The van der Waals surface area contributed by atoms with E-state index in [0.717, 1.165) is 24.0 Å². The van der Waals surface area contributed by atoms with E-state index in [1.807, 2.05) is 26.8 Å². The van der Waals surface area contributed by atoms with Crippen LogP contribution in [0.3, 0.4) is 0 Å². The van der Waals surface area contributed by atoms with Crippen molar-refractivity contribution in [2.24, 2.45) is 0 Å². The third-order valence-electron chi connectivity index (χ3n) is 2.79. The van der Waals surface area contributed by atoms with E-state index in [0.29, 0.717) is 12.0 Å². The number of hydrogen-bond acceptors (Lipinski definition) is 3. The van der Waals surface area contributed by atoms with Crippen LogP contribution in [0.15, 0.2) is 17.0 Å². The summed E-state index contributed by atoms with van der Waals surface area (Å²) < 4.78 is 33.4. The average Bonchev–Trinajstić information content (AvgIpc) is 2.25. The molecule has 0 bridgehead atoms. The summed E-state index contributed by atoms with van der Waals surface area (Å²) in [6, 6.07) is 3.39. The van der Waals surface area contributed by atoms with Crippen LogP contribution in [-0.4, -0.2) is 13.0 Å². The van der Waals surface area contributed by atoms with Crippen molar-refractivity contribution in [1.82, 2.24) is 0 Å². The zero-order valence-corrected chi connectivity index (χ0v) is 13.7. The van der Waals surface area contributed by atoms with Gasteiger partial charge >= 0.3 is 29.6 Å². The molecule has 1 aromatic carbocycles. The predicted molar refractivity (Wildman–Crippen MR) is 62.5 cm³/mol. The second-order valence-corrected chi connectivity index (χ2v) is 5.09. The van der Waals surface area contributed by atoms with E-state index in [2.05, 4.69) is 0 Å². The van der Waals surface area contributed by atoms with Crippen LogP contribution in [0.5, 0.6) is 0 Å². The molecule has 0 spiro atoms. The van der Waals surface area contributed by atoms with E-state index in [-0.39, 0.29) is 34.5 Å². The molecule has 17 heavy (non-hydrogen) atoms. The fourth-order valence-corrected chi connectivity index (χ4v) is 2.70. The van der Waals surface area contributed by atoms with E-state index in [4.69, 9.17) is 0 Å². The zero-order valence-electron chi connectivity index (χ0n) is 10.9. The third kappa shape index (κ3) is 4.07. The topological polar surface area (TPSA) is 57.2 Å². The summed E-state index contributed by atoms with van der Waals surface area (Å²) >= 11 is 0. The molecule has 0 saturated carbocycles. The Labute approximate surface area is 126 Å². The van der Waals surface area contributed by atoms with Crippen molar-refractivity contribution in [2.45, 2.75) is 44.9 Å². The largest absolute Gasteiger partial charge is 1.00 e. The van der Waals surface area contributed by atoms with E-state index < -0.39 is 10.1 Å². The second-order valence-electron chi connectivity index (χ2n) is 3.74. The SMILES string of the molecule is CCc1cc(CC)c(S(=O)(=O)[O-])cc1CC.[Na+]. The summed E-state index contributed by atoms with van der Waals surface area (Å²) in [6.45, 7) is 5.84. The average molecular weight is 264 g/mol. The van der Waals surface area contributed by atoms with Crippen LogP contribution in [0.25, 0.3) is 0 Å². The Balaban J connectivity index is 0.00000256. The summed E-state index contributed by atoms with van der Waals surface area (Å²) in [5.41, 5.74) is 2.71. The van der Waals surface area contributed by atoms with Crippen LogP contribution in [0.2, 0.25) is 0 Å². The molecular formula is C12H17NaO3S. The van der Waals surface area contributed by atoms with E-state index in [9.17, 15) is 13.0 Å². The first-order valence-corrected chi connectivity index (χ1v) is 6.95. The van der Waals surface area contributed by atoms with Crippen LogP contribution >= 0.6 is 0 Å². The molecule has 5 heteroatoms. The molecule has 0 aliphatic rings. The van der Waals surface area contributed by atoms with Crippen LogP contribution in [0.4, 0.5) is 0 Å². The van der Waals surface area contributed by atoms with Crippen molar-refractivity contribution in [1.29, 1.82) is 0 Å². The molecule has 0 unspecified atom stereocenters.